The molecule has 0 atom stereocenters. The third kappa shape index (κ3) is 5.75. The van der Waals surface area contributed by atoms with Crippen LogP contribution in [-0.4, -0.2) is 24.1 Å². The van der Waals surface area contributed by atoms with Gasteiger partial charge in [0.2, 0.25) is 0 Å². The molecule has 0 radical (unpaired) electrons. The number of hydrogen-bond acceptors (Lipinski definition) is 3. The number of hydrogen-bond donors (Lipinski definition) is 0. The molecule has 0 aliphatic carbocycles. The van der Waals surface area contributed by atoms with Gasteiger partial charge in [-0.1, -0.05) is 152 Å². The van der Waals surface area contributed by atoms with Crippen LogP contribution in [0.15, 0.2) is 194 Å². The van der Waals surface area contributed by atoms with Gasteiger partial charge < -0.3 is 9.13 Å². The summed E-state index contributed by atoms with van der Waals surface area (Å²) in [6.45, 7) is 0. The lowest BCUT2D eigenvalue weighted by Gasteiger charge is -2.21. The number of alkyl halides is 3. The quantitative estimate of drug-likeness (QED) is 0.169. The summed E-state index contributed by atoms with van der Waals surface area (Å²) in [4.78, 5) is 15.1. The minimum absolute atomic E-state index is 0.0531. The second kappa shape index (κ2) is 13.9. The van der Waals surface area contributed by atoms with Crippen molar-refractivity contribution in [1.82, 2.24) is 24.1 Å². The average molecular weight is 784 g/mol. The SMILES string of the molecule is FC(F)(F)c1c(-c2ccc(-c3nc(-c4ccccc4)nc(-c4ccccc4)n3)c(-n3c4ccccc4c4ccccc43)c2)cccc1-n1c2ccccc2c2ccccc21. The third-order valence-corrected chi connectivity index (χ3v) is 11.2. The number of aromatic nitrogens is 5. The van der Waals surface area contributed by atoms with Crippen molar-refractivity contribution in [2.75, 3.05) is 0 Å². The molecule has 0 spiro atoms. The van der Waals surface area contributed by atoms with E-state index in [9.17, 15) is 0 Å². The Morgan fingerprint density at radius 3 is 1.22 bits per heavy atom. The van der Waals surface area contributed by atoms with Crippen LogP contribution in [0.1, 0.15) is 5.56 Å². The molecule has 0 saturated heterocycles. The lowest BCUT2D eigenvalue weighted by Crippen LogP contribution is -2.13. The molecule has 11 aromatic rings. The highest BCUT2D eigenvalue weighted by molar-refractivity contribution is 6.11. The van der Waals surface area contributed by atoms with Gasteiger partial charge >= 0.3 is 6.18 Å². The van der Waals surface area contributed by atoms with Crippen molar-refractivity contribution >= 4 is 43.6 Å². The summed E-state index contributed by atoms with van der Waals surface area (Å²) in [6.07, 6.45) is -4.71. The van der Waals surface area contributed by atoms with Crippen LogP contribution in [0, 0.1) is 0 Å². The summed E-state index contributed by atoms with van der Waals surface area (Å²) >= 11 is 0. The molecule has 60 heavy (non-hydrogen) atoms. The van der Waals surface area contributed by atoms with Crippen LogP contribution in [0.3, 0.4) is 0 Å². The minimum atomic E-state index is -4.71. The lowest BCUT2D eigenvalue weighted by molar-refractivity contribution is -0.136. The van der Waals surface area contributed by atoms with Gasteiger partial charge in [0.1, 0.15) is 0 Å². The molecule has 11 rings (SSSR count). The Morgan fingerprint density at radius 2 is 0.750 bits per heavy atom. The van der Waals surface area contributed by atoms with Gasteiger partial charge in [0.15, 0.2) is 17.5 Å². The van der Waals surface area contributed by atoms with E-state index in [0.717, 1.165) is 43.7 Å². The van der Waals surface area contributed by atoms with Crippen molar-refractivity contribution in [3.8, 4) is 56.7 Å². The number of fused-ring (bicyclic) bond motifs is 6. The van der Waals surface area contributed by atoms with Crippen molar-refractivity contribution in [1.29, 1.82) is 0 Å². The normalized spacial score (nSPS) is 11.9. The Bertz CT molecular complexity index is 3260. The smallest absolute Gasteiger partial charge is 0.309 e. The van der Waals surface area contributed by atoms with Crippen LogP contribution in [0.4, 0.5) is 13.2 Å². The highest BCUT2D eigenvalue weighted by atomic mass is 19.4. The Balaban J connectivity index is 1.22. The molecule has 8 heteroatoms. The van der Waals surface area contributed by atoms with E-state index in [-0.39, 0.29) is 11.3 Å². The maximum Gasteiger partial charge on any atom is 0.419 e. The summed E-state index contributed by atoms with van der Waals surface area (Å²) in [6, 6.07) is 61.1. The molecule has 0 N–H and O–H groups in total. The van der Waals surface area contributed by atoms with Gasteiger partial charge in [0, 0.05) is 38.2 Å². The molecule has 0 fully saturated rings. The fraction of sp³-hybridized carbons (Fsp3) is 0.0192. The minimum Gasteiger partial charge on any atom is -0.309 e. The Morgan fingerprint density at radius 1 is 0.333 bits per heavy atom. The molecule has 3 aromatic heterocycles. The third-order valence-electron chi connectivity index (χ3n) is 11.2. The summed E-state index contributed by atoms with van der Waals surface area (Å²) in [5, 5.41) is 3.79. The molecule has 0 aliphatic rings. The number of nitrogens with zero attached hydrogens (tertiary/aromatic N) is 5. The maximum atomic E-state index is 15.9. The van der Waals surface area contributed by atoms with Crippen LogP contribution in [-0.2, 0) is 6.18 Å². The average Bonchev–Trinajstić information content (AvgIpc) is 3.82. The maximum absolute atomic E-state index is 15.9. The van der Waals surface area contributed by atoms with E-state index in [1.165, 1.54) is 0 Å². The summed E-state index contributed by atoms with van der Waals surface area (Å²) in [7, 11) is 0. The van der Waals surface area contributed by atoms with E-state index in [0.29, 0.717) is 45.3 Å². The molecular weight excluding hydrogens is 752 g/mol. The first-order valence-electron chi connectivity index (χ1n) is 19.6. The molecule has 286 valence electrons. The molecule has 0 bridgehead atoms. The number of para-hydroxylation sites is 4. The molecule has 0 amide bonds. The topological polar surface area (TPSA) is 48.5 Å². The van der Waals surface area contributed by atoms with E-state index in [1.54, 1.807) is 28.8 Å². The summed E-state index contributed by atoms with van der Waals surface area (Å²) in [5.41, 5.74) is 5.84. The van der Waals surface area contributed by atoms with Gasteiger partial charge in [-0.3, -0.25) is 0 Å². The lowest BCUT2D eigenvalue weighted by atomic mass is 9.95. The second-order valence-electron chi connectivity index (χ2n) is 14.7. The van der Waals surface area contributed by atoms with Gasteiger partial charge in [-0.05, 0) is 53.6 Å². The van der Waals surface area contributed by atoms with Gasteiger partial charge in [-0.15, -0.1) is 0 Å². The number of benzene rings is 8. The Kier molecular flexibility index (Phi) is 8.20. The molecule has 0 saturated carbocycles. The molecule has 0 unspecified atom stereocenters. The number of halogens is 3. The zero-order valence-electron chi connectivity index (χ0n) is 31.8. The monoisotopic (exact) mass is 783 g/mol. The highest BCUT2D eigenvalue weighted by Crippen LogP contribution is 2.45. The molecule has 8 aromatic carbocycles. The van der Waals surface area contributed by atoms with Gasteiger partial charge in [-0.2, -0.15) is 13.2 Å². The predicted octanol–water partition coefficient (Wildman–Crippen LogP) is 13.8. The van der Waals surface area contributed by atoms with Gasteiger partial charge in [-0.25, -0.2) is 15.0 Å². The first-order chi connectivity index (χ1) is 29.4. The van der Waals surface area contributed by atoms with Crippen molar-refractivity contribution in [3.05, 3.63) is 200 Å². The van der Waals surface area contributed by atoms with Gasteiger partial charge in [0.05, 0.1) is 39.0 Å². The van der Waals surface area contributed by atoms with Crippen molar-refractivity contribution in [3.63, 3.8) is 0 Å². The van der Waals surface area contributed by atoms with E-state index in [4.69, 9.17) is 15.0 Å². The van der Waals surface area contributed by atoms with E-state index < -0.39 is 11.7 Å². The zero-order chi connectivity index (χ0) is 40.4. The zero-order valence-corrected chi connectivity index (χ0v) is 31.8. The van der Waals surface area contributed by atoms with E-state index >= 15 is 13.2 Å². The van der Waals surface area contributed by atoms with Crippen LogP contribution in [0.5, 0.6) is 0 Å². The molecule has 3 heterocycles. The van der Waals surface area contributed by atoms with Crippen molar-refractivity contribution in [2.45, 2.75) is 6.18 Å². The van der Waals surface area contributed by atoms with E-state index in [2.05, 4.69) is 16.7 Å². The fourth-order valence-electron chi connectivity index (χ4n) is 8.63. The number of rotatable bonds is 6. The van der Waals surface area contributed by atoms with E-state index in [1.807, 2.05) is 158 Å². The van der Waals surface area contributed by atoms with Crippen LogP contribution < -0.4 is 0 Å². The highest BCUT2D eigenvalue weighted by Gasteiger charge is 2.38. The molecule has 5 nitrogen and oxygen atoms in total. The largest absolute Gasteiger partial charge is 0.419 e. The Hall–Kier alpha value is -7.84. The van der Waals surface area contributed by atoms with Crippen LogP contribution in [0.2, 0.25) is 0 Å². The van der Waals surface area contributed by atoms with Crippen molar-refractivity contribution in [2.24, 2.45) is 0 Å². The first kappa shape index (κ1) is 35.3. The summed E-state index contributed by atoms with van der Waals surface area (Å²) < 4.78 is 51.5. The van der Waals surface area contributed by atoms with Crippen molar-refractivity contribution < 1.29 is 13.2 Å². The van der Waals surface area contributed by atoms with Gasteiger partial charge in [0.25, 0.3) is 0 Å². The molecular formula is C52H32F3N5. The second-order valence-corrected chi connectivity index (χ2v) is 14.7. The molecule has 0 aliphatic heterocycles. The fourth-order valence-corrected chi connectivity index (χ4v) is 8.63. The predicted molar refractivity (Wildman–Crippen MR) is 235 cm³/mol. The van der Waals surface area contributed by atoms with Crippen LogP contribution in [0.25, 0.3) is 100 Å². The first-order valence-corrected chi connectivity index (χ1v) is 19.6. The Labute approximate surface area is 342 Å². The van der Waals surface area contributed by atoms with Crippen LogP contribution >= 0.6 is 0 Å². The summed E-state index contributed by atoms with van der Waals surface area (Å²) in [5.74, 6) is 1.35. The standard InChI is InChI=1S/C52H32F3N5/c53-52(54,55)48-36(24-15-29-46(48)59-42-25-11-7-20-37(42)38-21-8-12-26-43(38)59)35-30-31-41(47(32-35)60-44-27-13-9-22-39(44)40-23-10-14-28-45(40)60)51-57-49(33-16-3-1-4-17-33)56-50(58-51)34-18-5-2-6-19-34/h1-32H.